The Morgan fingerprint density at radius 2 is 1.77 bits per heavy atom. The SMILES string of the molecule is CCC/C=C/CCCCCCCCC(=O)NCc1ccc(O)c(OC)c1. The van der Waals surface area contributed by atoms with Crippen LogP contribution < -0.4 is 10.1 Å². The van der Waals surface area contributed by atoms with E-state index >= 15 is 0 Å². The van der Waals surface area contributed by atoms with Gasteiger partial charge < -0.3 is 15.2 Å². The Hall–Kier alpha value is -1.97. The van der Waals surface area contributed by atoms with Gasteiger partial charge in [-0.15, -0.1) is 0 Å². The van der Waals surface area contributed by atoms with Gasteiger partial charge in [0.1, 0.15) is 0 Å². The Balaban J connectivity index is 2.02. The Bertz CT molecular complexity index is 540. The molecule has 1 rings (SSSR count). The summed E-state index contributed by atoms with van der Waals surface area (Å²) in [6.45, 7) is 2.66. The minimum absolute atomic E-state index is 0.0816. The van der Waals surface area contributed by atoms with Crippen molar-refractivity contribution < 1.29 is 14.6 Å². The number of benzene rings is 1. The second kappa shape index (κ2) is 14.2. The molecule has 0 atom stereocenters. The number of nitrogens with one attached hydrogen (secondary N) is 1. The van der Waals surface area contributed by atoms with Crippen LogP contribution in [0.25, 0.3) is 0 Å². The van der Waals surface area contributed by atoms with Crippen molar-refractivity contribution in [2.75, 3.05) is 7.11 Å². The Kier molecular flexibility index (Phi) is 12.1. The molecule has 1 amide bonds. The fourth-order valence-electron chi connectivity index (χ4n) is 2.78. The smallest absolute Gasteiger partial charge is 0.220 e. The molecule has 0 aromatic heterocycles. The van der Waals surface area contributed by atoms with E-state index in [-0.39, 0.29) is 11.7 Å². The van der Waals surface area contributed by atoms with Crippen molar-refractivity contribution in [3.8, 4) is 11.5 Å². The fraction of sp³-hybridized carbons (Fsp3) is 0.591. The van der Waals surface area contributed by atoms with E-state index in [1.165, 1.54) is 52.1 Å². The van der Waals surface area contributed by atoms with E-state index in [4.69, 9.17) is 4.74 Å². The van der Waals surface area contributed by atoms with E-state index < -0.39 is 0 Å². The number of carbonyl (C=O) groups excluding carboxylic acids is 1. The number of allylic oxidation sites excluding steroid dienone is 2. The van der Waals surface area contributed by atoms with Crippen molar-refractivity contribution in [2.45, 2.75) is 77.7 Å². The van der Waals surface area contributed by atoms with Crippen LogP contribution >= 0.6 is 0 Å². The normalized spacial score (nSPS) is 11.0. The predicted molar refractivity (Wildman–Crippen MR) is 107 cm³/mol. The molecule has 0 fully saturated rings. The average Bonchev–Trinajstić information content (AvgIpc) is 2.65. The van der Waals surface area contributed by atoms with Gasteiger partial charge in [-0.3, -0.25) is 4.79 Å². The van der Waals surface area contributed by atoms with Crippen LogP contribution in [-0.4, -0.2) is 18.1 Å². The monoisotopic (exact) mass is 361 g/mol. The molecule has 2 N–H and O–H groups in total. The lowest BCUT2D eigenvalue weighted by Crippen LogP contribution is -2.22. The maximum Gasteiger partial charge on any atom is 0.220 e. The number of unbranched alkanes of at least 4 members (excludes halogenated alkanes) is 7. The highest BCUT2D eigenvalue weighted by Gasteiger charge is 2.05. The van der Waals surface area contributed by atoms with Crippen LogP contribution in [0, 0.1) is 0 Å². The molecular weight excluding hydrogens is 326 g/mol. The van der Waals surface area contributed by atoms with Gasteiger partial charge in [-0.25, -0.2) is 0 Å². The minimum Gasteiger partial charge on any atom is -0.504 e. The number of methoxy groups -OCH3 is 1. The van der Waals surface area contributed by atoms with Crippen molar-refractivity contribution in [1.29, 1.82) is 0 Å². The summed E-state index contributed by atoms with van der Waals surface area (Å²) >= 11 is 0. The van der Waals surface area contributed by atoms with Gasteiger partial charge in [0.15, 0.2) is 11.5 Å². The number of carbonyl (C=O) groups is 1. The van der Waals surface area contributed by atoms with Crippen LogP contribution in [0.5, 0.6) is 11.5 Å². The molecule has 4 nitrogen and oxygen atoms in total. The molecule has 0 spiro atoms. The Labute approximate surface area is 158 Å². The molecule has 0 aliphatic rings. The van der Waals surface area contributed by atoms with E-state index in [9.17, 15) is 9.90 Å². The van der Waals surface area contributed by atoms with Gasteiger partial charge in [-0.1, -0.05) is 57.2 Å². The number of phenols is 1. The first-order valence-electron chi connectivity index (χ1n) is 9.95. The molecule has 0 radical (unpaired) electrons. The van der Waals surface area contributed by atoms with Crippen molar-refractivity contribution in [3.63, 3.8) is 0 Å². The van der Waals surface area contributed by atoms with Gasteiger partial charge in [0.25, 0.3) is 0 Å². The zero-order valence-electron chi connectivity index (χ0n) is 16.4. The Morgan fingerprint density at radius 1 is 1.08 bits per heavy atom. The molecular formula is C22H35NO3. The third kappa shape index (κ3) is 10.1. The summed E-state index contributed by atoms with van der Waals surface area (Å²) in [6.07, 6.45) is 15.9. The van der Waals surface area contributed by atoms with Gasteiger partial charge >= 0.3 is 0 Å². The zero-order valence-corrected chi connectivity index (χ0v) is 16.4. The van der Waals surface area contributed by atoms with E-state index in [0.717, 1.165) is 18.4 Å². The molecule has 0 aliphatic carbocycles. The lowest BCUT2D eigenvalue weighted by atomic mass is 10.1. The molecule has 146 valence electrons. The number of hydrogen-bond acceptors (Lipinski definition) is 3. The summed E-state index contributed by atoms with van der Waals surface area (Å²) in [6, 6.07) is 5.11. The minimum atomic E-state index is 0.0816. The number of rotatable bonds is 14. The molecule has 0 unspecified atom stereocenters. The van der Waals surface area contributed by atoms with Gasteiger partial charge in [0.2, 0.25) is 5.91 Å². The second-order valence-corrected chi connectivity index (χ2v) is 6.70. The molecule has 0 aliphatic heterocycles. The fourth-order valence-corrected chi connectivity index (χ4v) is 2.78. The van der Waals surface area contributed by atoms with Crippen LogP contribution in [0.1, 0.15) is 76.7 Å². The van der Waals surface area contributed by atoms with Crippen molar-refractivity contribution >= 4 is 5.91 Å². The van der Waals surface area contributed by atoms with Crippen LogP contribution in [-0.2, 0) is 11.3 Å². The number of phenolic OH excluding ortho intramolecular Hbond substituents is 1. The maximum atomic E-state index is 11.9. The molecule has 0 bridgehead atoms. The second-order valence-electron chi connectivity index (χ2n) is 6.70. The lowest BCUT2D eigenvalue weighted by molar-refractivity contribution is -0.121. The third-order valence-corrected chi connectivity index (χ3v) is 4.38. The molecule has 0 heterocycles. The predicted octanol–water partition coefficient (Wildman–Crippen LogP) is 5.49. The van der Waals surface area contributed by atoms with Crippen LogP contribution in [0.3, 0.4) is 0 Å². The maximum absolute atomic E-state index is 11.9. The largest absolute Gasteiger partial charge is 0.504 e. The lowest BCUT2D eigenvalue weighted by Gasteiger charge is -2.08. The van der Waals surface area contributed by atoms with Gasteiger partial charge in [0, 0.05) is 13.0 Å². The summed E-state index contributed by atoms with van der Waals surface area (Å²) in [4.78, 5) is 11.9. The number of hydrogen-bond donors (Lipinski definition) is 2. The van der Waals surface area contributed by atoms with E-state index in [2.05, 4.69) is 24.4 Å². The topological polar surface area (TPSA) is 58.6 Å². The summed E-state index contributed by atoms with van der Waals surface area (Å²) in [5, 5.41) is 12.5. The Morgan fingerprint density at radius 3 is 2.50 bits per heavy atom. The molecule has 1 aromatic rings. The zero-order chi connectivity index (χ0) is 19.0. The highest BCUT2D eigenvalue weighted by atomic mass is 16.5. The highest BCUT2D eigenvalue weighted by Crippen LogP contribution is 2.26. The first-order chi connectivity index (χ1) is 12.7. The molecule has 1 aromatic carbocycles. The molecule has 4 heteroatoms. The quantitative estimate of drug-likeness (QED) is 0.340. The summed E-state index contributed by atoms with van der Waals surface area (Å²) in [7, 11) is 1.51. The van der Waals surface area contributed by atoms with Gasteiger partial charge in [-0.05, 0) is 43.4 Å². The molecule has 0 saturated heterocycles. The van der Waals surface area contributed by atoms with E-state index in [0.29, 0.717) is 18.7 Å². The standard InChI is InChI=1S/C22H35NO3/c1-3-4-5-6-7-8-9-10-11-12-13-14-22(25)23-18-19-15-16-20(24)21(17-19)26-2/h5-6,15-17,24H,3-4,7-14,18H2,1-2H3,(H,23,25)/b6-5+. The van der Waals surface area contributed by atoms with Crippen molar-refractivity contribution in [1.82, 2.24) is 5.32 Å². The van der Waals surface area contributed by atoms with Crippen molar-refractivity contribution in [2.24, 2.45) is 0 Å². The average molecular weight is 362 g/mol. The van der Waals surface area contributed by atoms with Gasteiger partial charge in [-0.2, -0.15) is 0 Å². The van der Waals surface area contributed by atoms with E-state index in [1.54, 1.807) is 18.2 Å². The first-order valence-corrected chi connectivity index (χ1v) is 9.95. The van der Waals surface area contributed by atoms with Crippen LogP contribution in [0.15, 0.2) is 30.4 Å². The summed E-state index contributed by atoms with van der Waals surface area (Å²) in [5.74, 6) is 0.621. The number of ether oxygens (including phenoxy) is 1. The summed E-state index contributed by atoms with van der Waals surface area (Å²) in [5.41, 5.74) is 0.918. The molecule has 0 saturated carbocycles. The number of amides is 1. The van der Waals surface area contributed by atoms with Crippen LogP contribution in [0.4, 0.5) is 0 Å². The molecule has 26 heavy (non-hydrogen) atoms. The third-order valence-electron chi connectivity index (χ3n) is 4.38. The van der Waals surface area contributed by atoms with Crippen molar-refractivity contribution in [3.05, 3.63) is 35.9 Å². The van der Waals surface area contributed by atoms with Gasteiger partial charge in [0.05, 0.1) is 7.11 Å². The summed E-state index contributed by atoms with van der Waals surface area (Å²) < 4.78 is 5.07. The van der Waals surface area contributed by atoms with Crippen LogP contribution in [0.2, 0.25) is 0 Å². The number of aromatic hydroxyl groups is 1. The highest BCUT2D eigenvalue weighted by molar-refractivity contribution is 5.75. The first kappa shape index (κ1) is 22.1. The van der Waals surface area contributed by atoms with E-state index in [1.807, 2.05) is 0 Å².